The third kappa shape index (κ3) is 47.6. The van der Waals surface area contributed by atoms with Gasteiger partial charge in [-0.2, -0.15) is 0 Å². The highest BCUT2D eigenvalue weighted by atomic mass is 16.7. The van der Waals surface area contributed by atoms with Crippen LogP contribution in [0.5, 0.6) is 0 Å². The van der Waals surface area contributed by atoms with E-state index in [1.165, 1.54) is 238 Å². The second-order valence-electron chi connectivity index (χ2n) is 25.0. The zero-order valence-corrected chi connectivity index (χ0v) is 54.3. The number of allylic oxidation sites excluding steroid dienone is 5. The van der Waals surface area contributed by atoms with E-state index in [1.807, 2.05) is 6.08 Å². The summed E-state index contributed by atoms with van der Waals surface area (Å²) in [7, 11) is 0. The molecule has 0 aromatic carbocycles. The number of nitrogens with one attached hydrogen (secondary N) is 1. The lowest BCUT2D eigenvalue weighted by Gasteiger charge is -2.41. The summed E-state index contributed by atoms with van der Waals surface area (Å²) in [6.45, 7) is 5.81. The van der Waals surface area contributed by atoms with Crippen LogP contribution >= 0.6 is 0 Å². The third-order valence-electron chi connectivity index (χ3n) is 17.0. The van der Waals surface area contributed by atoms with Crippen LogP contribution in [0.2, 0.25) is 0 Å². The molecule has 1 saturated heterocycles. The monoisotopic (exact) mass is 1170 g/mol. The smallest absolute Gasteiger partial charge is 0.306 e. The highest BCUT2D eigenvalue weighted by Crippen LogP contribution is 2.26. The summed E-state index contributed by atoms with van der Waals surface area (Å²) in [5.41, 5.74) is 0. The molecule has 1 amide bonds. The van der Waals surface area contributed by atoms with Crippen molar-refractivity contribution >= 4 is 11.9 Å². The number of aliphatic hydroxyl groups is 5. The summed E-state index contributed by atoms with van der Waals surface area (Å²) in [5.74, 6) is -1.18. The fourth-order valence-corrected chi connectivity index (χ4v) is 11.4. The van der Waals surface area contributed by atoms with Crippen molar-refractivity contribution in [3.63, 3.8) is 0 Å². The van der Waals surface area contributed by atoms with Gasteiger partial charge in [0.15, 0.2) is 12.4 Å². The van der Waals surface area contributed by atoms with Crippen LogP contribution in [-0.4, -0.2) is 99.6 Å². The molecular weight excluding hydrogens is 1040 g/mol. The number of hydrogen-bond acceptors (Lipinski definition) is 10. The lowest BCUT2D eigenvalue weighted by molar-refractivity contribution is -0.305. The summed E-state index contributed by atoms with van der Waals surface area (Å²) in [6, 6.07) is -1.02. The number of carbonyl (C=O) groups excluding carboxylic acids is 2. The van der Waals surface area contributed by atoms with Crippen LogP contribution in [-0.2, 0) is 23.8 Å². The molecule has 11 heteroatoms. The number of rotatable bonds is 62. The molecule has 1 heterocycles. The molecule has 0 spiro atoms. The molecule has 488 valence electrons. The highest BCUT2D eigenvalue weighted by Gasteiger charge is 2.47. The Kier molecular flexibility index (Phi) is 57.2. The second kappa shape index (κ2) is 60.2. The van der Waals surface area contributed by atoms with Gasteiger partial charge in [-0.05, 0) is 57.8 Å². The summed E-state index contributed by atoms with van der Waals surface area (Å²) >= 11 is 0. The van der Waals surface area contributed by atoms with Gasteiger partial charge >= 0.3 is 5.97 Å². The predicted octanol–water partition coefficient (Wildman–Crippen LogP) is 18.2. The zero-order valence-electron chi connectivity index (χ0n) is 54.3. The van der Waals surface area contributed by atoms with E-state index in [0.717, 1.165) is 64.2 Å². The standard InChI is InChI=1S/C72H135NO10/c1-4-7-10-13-16-19-22-24-26-28-30-31-32-33-34-36-37-39-41-44-47-50-53-56-59-65(76)71(80)73-63(64(75)58-55-52-49-46-43-21-18-15-12-9-6-3)62-81-72-70(69(79)68(78)66(61-74)82-72)83-67(77)60-57-54-51-48-45-42-40-38-35-29-27-25-23-20-17-14-11-8-5-2/h16,19,24,26,55,58,63-66,68-70,72,74-76,78-79H,4-15,17-18,20-23,25,27-54,56-57,59-62H2,1-3H3,(H,73,80)/b19-16-,26-24-,58-55+. The lowest BCUT2D eigenvalue weighted by atomic mass is 9.99. The van der Waals surface area contributed by atoms with Crippen LogP contribution in [0.3, 0.4) is 0 Å². The first-order valence-corrected chi connectivity index (χ1v) is 35.8. The van der Waals surface area contributed by atoms with Gasteiger partial charge in [0.2, 0.25) is 5.91 Å². The SMILES string of the molecule is CCCCC/C=C\C/C=C\CCCCCCCCCCCCCCCCC(O)C(=O)NC(COC1OC(CO)C(O)C(O)C1OC(=O)CCCCCCCCCCCCCCCCCCCCC)C(O)/C=C/CCCCCCCCCCC. The molecule has 0 aromatic rings. The van der Waals surface area contributed by atoms with E-state index >= 15 is 0 Å². The number of hydrogen-bond donors (Lipinski definition) is 6. The van der Waals surface area contributed by atoms with E-state index in [2.05, 4.69) is 50.4 Å². The molecule has 0 radical (unpaired) electrons. The molecule has 1 aliphatic rings. The van der Waals surface area contributed by atoms with E-state index in [0.29, 0.717) is 19.3 Å². The summed E-state index contributed by atoms with van der Waals surface area (Å²) < 4.78 is 17.7. The molecule has 1 aliphatic heterocycles. The number of esters is 1. The maximum atomic E-state index is 13.5. The highest BCUT2D eigenvalue weighted by molar-refractivity contribution is 5.80. The van der Waals surface area contributed by atoms with Gasteiger partial charge in [-0.3, -0.25) is 9.59 Å². The minimum atomic E-state index is -1.61. The Balaban J connectivity index is 2.54. The Hall–Kier alpha value is -2.12. The molecular formula is C72H135NO10. The van der Waals surface area contributed by atoms with E-state index in [-0.39, 0.29) is 13.0 Å². The Morgan fingerprint density at radius 1 is 0.470 bits per heavy atom. The number of aliphatic hydroxyl groups excluding tert-OH is 5. The Morgan fingerprint density at radius 3 is 1.25 bits per heavy atom. The van der Waals surface area contributed by atoms with Crippen molar-refractivity contribution in [3.8, 4) is 0 Å². The first-order valence-electron chi connectivity index (χ1n) is 35.8. The quantitative estimate of drug-likeness (QED) is 0.0195. The van der Waals surface area contributed by atoms with Gasteiger partial charge < -0.3 is 45.1 Å². The fraction of sp³-hybridized carbons (Fsp3) is 0.889. The van der Waals surface area contributed by atoms with E-state index in [1.54, 1.807) is 6.08 Å². The van der Waals surface area contributed by atoms with E-state index < -0.39 is 67.4 Å². The molecule has 0 aromatic heterocycles. The van der Waals surface area contributed by atoms with Crippen LogP contribution in [0.15, 0.2) is 36.5 Å². The van der Waals surface area contributed by atoms with Gasteiger partial charge in [-0.25, -0.2) is 0 Å². The van der Waals surface area contributed by atoms with Crippen LogP contribution in [0.1, 0.15) is 348 Å². The summed E-state index contributed by atoms with van der Waals surface area (Å²) in [4.78, 5) is 26.7. The van der Waals surface area contributed by atoms with Crippen LogP contribution in [0, 0.1) is 0 Å². The zero-order chi connectivity index (χ0) is 60.3. The molecule has 6 N–H and O–H groups in total. The van der Waals surface area contributed by atoms with E-state index in [9.17, 15) is 35.1 Å². The minimum absolute atomic E-state index is 0.130. The van der Waals surface area contributed by atoms with Gasteiger partial charge in [0.1, 0.15) is 24.4 Å². The van der Waals surface area contributed by atoms with Crippen LogP contribution < -0.4 is 5.32 Å². The average Bonchev–Trinajstić information content (AvgIpc) is 3.52. The number of carbonyl (C=O) groups is 2. The van der Waals surface area contributed by atoms with Crippen molar-refractivity contribution in [1.82, 2.24) is 5.32 Å². The number of ether oxygens (including phenoxy) is 3. The predicted molar refractivity (Wildman–Crippen MR) is 347 cm³/mol. The molecule has 1 rings (SSSR count). The Morgan fingerprint density at radius 2 is 0.831 bits per heavy atom. The second-order valence-corrected chi connectivity index (χ2v) is 25.0. The molecule has 8 unspecified atom stereocenters. The largest absolute Gasteiger partial charge is 0.454 e. The topological polar surface area (TPSA) is 175 Å². The maximum absolute atomic E-state index is 13.5. The van der Waals surface area contributed by atoms with Crippen LogP contribution in [0.25, 0.3) is 0 Å². The molecule has 0 bridgehead atoms. The van der Waals surface area contributed by atoms with Gasteiger partial charge in [0.25, 0.3) is 0 Å². The lowest BCUT2D eigenvalue weighted by Crippen LogP contribution is -2.61. The normalized spacial score (nSPS) is 18.7. The van der Waals surface area contributed by atoms with Gasteiger partial charge in [-0.1, -0.05) is 320 Å². The summed E-state index contributed by atoms with van der Waals surface area (Å²) in [6.07, 6.45) is 63.3. The van der Waals surface area contributed by atoms with Gasteiger partial charge in [0, 0.05) is 6.42 Å². The van der Waals surface area contributed by atoms with Crippen molar-refractivity contribution in [2.75, 3.05) is 13.2 Å². The van der Waals surface area contributed by atoms with Gasteiger partial charge in [0.05, 0.1) is 25.4 Å². The third-order valence-corrected chi connectivity index (χ3v) is 17.0. The molecule has 83 heavy (non-hydrogen) atoms. The van der Waals surface area contributed by atoms with Crippen molar-refractivity contribution < 1.29 is 49.3 Å². The van der Waals surface area contributed by atoms with Crippen molar-refractivity contribution in [1.29, 1.82) is 0 Å². The molecule has 1 fully saturated rings. The average molecular weight is 1170 g/mol. The first-order chi connectivity index (χ1) is 40.7. The number of unbranched alkanes of at least 4 members (excludes halogenated alkanes) is 44. The maximum Gasteiger partial charge on any atom is 0.306 e. The summed E-state index contributed by atoms with van der Waals surface area (Å²) in [5, 5.41) is 57.2. The van der Waals surface area contributed by atoms with Crippen molar-refractivity contribution in [3.05, 3.63) is 36.5 Å². The molecule has 8 atom stereocenters. The van der Waals surface area contributed by atoms with E-state index in [4.69, 9.17) is 14.2 Å². The van der Waals surface area contributed by atoms with Crippen molar-refractivity contribution in [2.45, 2.75) is 397 Å². The molecule has 0 aliphatic carbocycles. The molecule has 11 nitrogen and oxygen atoms in total. The number of amides is 1. The fourth-order valence-electron chi connectivity index (χ4n) is 11.4. The van der Waals surface area contributed by atoms with Gasteiger partial charge in [-0.15, -0.1) is 0 Å². The first kappa shape index (κ1) is 78.9. The Labute approximate surface area is 511 Å². The minimum Gasteiger partial charge on any atom is -0.454 e. The molecule has 0 saturated carbocycles. The van der Waals surface area contributed by atoms with Crippen LogP contribution in [0.4, 0.5) is 0 Å². The van der Waals surface area contributed by atoms with Crippen molar-refractivity contribution in [2.24, 2.45) is 0 Å². The Bertz CT molecular complexity index is 1490.